The second kappa shape index (κ2) is 6.64. The van der Waals surface area contributed by atoms with Crippen LogP contribution in [0.3, 0.4) is 0 Å². The van der Waals surface area contributed by atoms with E-state index in [4.69, 9.17) is 0 Å². The second-order valence-corrected chi connectivity index (χ2v) is 5.49. The van der Waals surface area contributed by atoms with Crippen molar-refractivity contribution in [3.8, 4) is 0 Å². The van der Waals surface area contributed by atoms with Gasteiger partial charge in [0, 0.05) is 6.54 Å². The molecule has 106 valence electrons. The van der Waals surface area contributed by atoms with Crippen LogP contribution in [0.1, 0.15) is 38.1 Å². The van der Waals surface area contributed by atoms with Gasteiger partial charge in [0.1, 0.15) is 11.6 Å². The SMILES string of the molecule is CC(C)C(CNC(=O)c1cc(F)ccc1F)C(C)C. The molecule has 0 unspecified atom stereocenters. The van der Waals surface area contributed by atoms with Gasteiger partial charge in [0.2, 0.25) is 0 Å². The van der Waals surface area contributed by atoms with Gasteiger partial charge in [-0.3, -0.25) is 4.79 Å². The van der Waals surface area contributed by atoms with Crippen molar-refractivity contribution in [2.75, 3.05) is 6.54 Å². The zero-order valence-electron chi connectivity index (χ0n) is 11.8. The Hall–Kier alpha value is -1.45. The minimum absolute atomic E-state index is 0.244. The van der Waals surface area contributed by atoms with E-state index in [1.54, 1.807) is 0 Å². The van der Waals surface area contributed by atoms with Crippen LogP contribution in [0.2, 0.25) is 0 Å². The molecule has 0 fully saturated rings. The summed E-state index contributed by atoms with van der Waals surface area (Å²) in [5.41, 5.74) is -0.244. The molecule has 0 saturated carbocycles. The van der Waals surface area contributed by atoms with Crippen LogP contribution in [0.15, 0.2) is 18.2 Å². The molecule has 0 aliphatic rings. The van der Waals surface area contributed by atoms with Crippen molar-refractivity contribution in [1.82, 2.24) is 5.32 Å². The normalized spacial score (nSPS) is 11.4. The largest absolute Gasteiger partial charge is 0.352 e. The summed E-state index contributed by atoms with van der Waals surface area (Å²) in [4.78, 5) is 11.8. The lowest BCUT2D eigenvalue weighted by atomic mass is 9.85. The molecular formula is C15H21F2NO. The van der Waals surface area contributed by atoms with E-state index in [0.29, 0.717) is 24.3 Å². The van der Waals surface area contributed by atoms with E-state index in [9.17, 15) is 13.6 Å². The molecular weight excluding hydrogens is 248 g/mol. The monoisotopic (exact) mass is 269 g/mol. The van der Waals surface area contributed by atoms with Gasteiger partial charge in [-0.05, 0) is 36.0 Å². The highest BCUT2D eigenvalue weighted by Gasteiger charge is 2.19. The molecule has 19 heavy (non-hydrogen) atoms. The molecule has 0 spiro atoms. The lowest BCUT2D eigenvalue weighted by molar-refractivity contribution is 0.0932. The Labute approximate surface area is 113 Å². The lowest BCUT2D eigenvalue weighted by Crippen LogP contribution is -2.34. The quantitative estimate of drug-likeness (QED) is 0.869. The number of nitrogens with one attached hydrogen (secondary N) is 1. The zero-order chi connectivity index (χ0) is 14.6. The number of carbonyl (C=O) groups excluding carboxylic acids is 1. The van der Waals surface area contributed by atoms with Gasteiger partial charge < -0.3 is 5.32 Å². The van der Waals surface area contributed by atoms with E-state index >= 15 is 0 Å². The zero-order valence-corrected chi connectivity index (χ0v) is 11.8. The maximum absolute atomic E-state index is 13.4. The molecule has 1 aromatic rings. The molecule has 1 N–H and O–H groups in total. The van der Waals surface area contributed by atoms with Crippen molar-refractivity contribution in [1.29, 1.82) is 0 Å². The summed E-state index contributed by atoms with van der Waals surface area (Å²) in [7, 11) is 0. The molecule has 0 aliphatic carbocycles. The van der Waals surface area contributed by atoms with E-state index in [1.807, 2.05) is 0 Å². The van der Waals surface area contributed by atoms with E-state index in [0.717, 1.165) is 18.2 Å². The second-order valence-electron chi connectivity index (χ2n) is 5.49. The number of amides is 1. The fourth-order valence-corrected chi connectivity index (χ4v) is 2.22. The fraction of sp³-hybridized carbons (Fsp3) is 0.533. The van der Waals surface area contributed by atoms with Crippen molar-refractivity contribution in [2.45, 2.75) is 27.7 Å². The van der Waals surface area contributed by atoms with Crippen molar-refractivity contribution in [3.63, 3.8) is 0 Å². The van der Waals surface area contributed by atoms with Crippen LogP contribution in [-0.4, -0.2) is 12.5 Å². The average Bonchev–Trinajstić information content (AvgIpc) is 2.31. The molecule has 0 saturated heterocycles. The van der Waals surface area contributed by atoms with Gasteiger partial charge in [0.25, 0.3) is 5.91 Å². The van der Waals surface area contributed by atoms with Crippen LogP contribution in [0.25, 0.3) is 0 Å². The molecule has 4 heteroatoms. The number of carbonyl (C=O) groups is 1. The standard InChI is InChI=1S/C15H21F2NO/c1-9(2)13(10(3)4)8-18-15(19)12-7-11(16)5-6-14(12)17/h5-7,9-10,13H,8H2,1-4H3,(H,18,19). The van der Waals surface area contributed by atoms with Crippen molar-refractivity contribution >= 4 is 5.91 Å². The molecule has 0 bridgehead atoms. The van der Waals surface area contributed by atoms with Gasteiger partial charge >= 0.3 is 0 Å². The first kappa shape index (κ1) is 15.6. The fourth-order valence-electron chi connectivity index (χ4n) is 2.22. The highest BCUT2D eigenvalue weighted by atomic mass is 19.1. The van der Waals surface area contributed by atoms with Crippen molar-refractivity contribution < 1.29 is 13.6 Å². The first-order chi connectivity index (χ1) is 8.82. The predicted molar refractivity (Wildman–Crippen MR) is 71.9 cm³/mol. The third kappa shape index (κ3) is 4.30. The molecule has 0 heterocycles. The lowest BCUT2D eigenvalue weighted by Gasteiger charge is -2.25. The molecule has 1 aromatic carbocycles. The number of halogens is 2. The molecule has 0 aromatic heterocycles. The molecule has 0 atom stereocenters. The maximum Gasteiger partial charge on any atom is 0.254 e. The molecule has 2 nitrogen and oxygen atoms in total. The summed E-state index contributed by atoms with van der Waals surface area (Å²) < 4.78 is 26.5. The van der Waals surface area contributed by atoms with Gasteiger partial charge in [-0.1, -0.05) is 27.7 Å². The third-order valence-electron chi connectivity index (χ3n) is 3.38. The highest BCUT2D eigenvalue weighted by molar-refractivity contribution is 5.94. The van der Waals surface area contributed by atoms with Crippen molar-refractivity contribution in [2.24, 2.45) is 17.8 Å². The average molecular weight is 269 g/mol. The Morgan fingerprint density at radius 2 is 1.74 bits per heavy atom. The van der Waals surface area contributed by atoms with Gasteiger partial charge in [-0.25, -0.2) is 8.78 Å². The summed E-state index contributed by atoms with van der Waals surface area (Å²) in [5, 5.41) is 2.68. The van der Waals surface area contributed by atoms with E-state index in [1.165, 1.54) is 0 Å². The van der Waals surface area contributed by atoms with Crippen LogP contribution in [-0.2, 0) is 0 Å². The highest BCUT2D eigenvalue weighted by Crippen LogP contribution is 2.19. The summed E-state index contributed by atoms with van der Waals surface area (Å²) in [5.74, 6) is -0.750. The number of rotatable bonds is 5. The van der Waals surface area contributed by atoms with Crippen LogP contribution < -0.4 is 5.32 Å². The van der Waals surface area contributed by atoms with Crippen LogP contribution in [0.4, 0.5) is 8.78 Å². The van der Waals surface area contributed by atoms with Gasteiger partial charge in [0.15, 0.2) is 0 Å². The third-order valence-corrected chi connectivity index (χ3v) is 3.38. The summed E-state index contributed by atoms with van der Waals surface area (Å²) >= 11 is 0. The summed E-state index contributed by atoms with van der Waals surface area (Å²) in [6.45, 7) is 8.79. The smallest absolute Gasteiger partial charge is 0.254 e. The Balaban J connectivity index is 2.72. The predicted octanol–water partition coefficient (Wildman–Crippen LogP) is 3.62. The van der Waals surface area contributed by atoms with Crippen LogP contribution in [0.5, 0.6) is 0 Å². The van der Waals surface area contributed by atoms with E-state index in [-0.39, 0.29) is 5.56 Å². The van der Waals surface area contributed by atoms with Crippen LogP contribution >= 0.6 is 0 Å². The van der Waals surface area contributed by atoms with Crippen LogP contribution in [0, 0.1) is 29.4 Å². The Morgan fingerprint density at radius 1 is 1.16 bits per heavy atom. The summed E-state index contributed by atoms with van der Waals surface area (Å²) in [6, 6.07) is 2.88. The van der Waals surface area contributed by atoms with Gasteiger partial charge in [-0.2, -0.15) is 0 Å². The molecule has 1 rings (SSSR count). The van der Waals surface area contributed by atoms with E-state index < -0.39 is 17.5 Å². The molecule has 0 radical (unpaired) electrons. The number of benzene rings is 1. The topological polar surface area (TPSA) is 29.1 Å². The minimum atomic E-state index is -0.704. The maximum atomic E-state index is 13.4. The Kier molecular flexibility index (Phi) is 5.45. The molecule has 0 aliphatic heterocycles. The molecule has 1 amide bonds. The Bertz CT molecular complexity index is 436. The van der Waals surface area contributed by atoms with Crippen molar-refractivity contribution in [3.05, 3.63) is 35.4 Å². The number of hydrogen-bond acceptors (Lipinski definition) is 1. The Morgan fingerprint density at radius 3 is 2.26 bits per heavy atom. The first-order valence-electron chi connectivity index (χ1n) is 6.56. The van der Waals surface area contributed by atoms with Gasteiger partial charge in [0.05, 0.1) is 5.56 Å². The first-order valence-corrected chi connectivity index (χ1v) is 6.56. The van der Waals surface area contributed by atoms with E-state index in [2.05, 4.69) is 33.0 Å². The minimum Gasteiger partial charge on any atom is -0.352 e. The summed E-state index contributed by atoms with van der Waals surface area (Å²) in [6.07, 6.45) is 0. The number of hydrogen-bond donors (Lipinski definition) is 1. The van der Waals surface area contributed by atoms with Gasteiger partial charge in [-0.15, -0.1) is 0 Å².